The van der Waals surface area contributed by atoms with Crippen molar-refractivity contribution in [3.8, 4) is 11.3 Å². The van der Waals surface area contributed by atoms with E-state index in [-0.39, 0.29) is 17.7 Å². The Balaban J connectivity index is 0.000000587. The van der Waals surface area contributed by atoms with Crippen LogP contribution in [0.5, 0.6) is 0 Å². The van der Waals surface area contributed by atoms with E-state index in [0.29, 0.717) is 12.8 Å². The molecule has 4 aromatic rings. The number of imidazole rings is 1. The van der Waals surface area contributed by atoms with Crippen LogP contribution in [0.3, 0.4) is 0 Å². The molecule has 2 aromatic heterocycles. The van der Waals surface area contributed by atoms with E-state index in [4.69, 9.17) is 9.90 Å². The summed E-state index contributed by atoms with van der Waals surface area (Å²) in [4.78, 5) is 43.1. The molecule has 4 rings (SSSR count). The Labute approximate surface area is 242 Å². The first-order valence-electron chi connectivity index (χ1n) is 12.9. The van der Waals surface area contributed by atoms with Gasteiger partial charge >= 0.3 is 6.18 Å². The first-order chi connectivity index (χ1) is 19.4. The van der Waals surface area contributed by atoms with Gasteiger partial charge in [0.15, 0.2) is 5.69 Å². The van der Waals surface area contributed by atoms with Gasteiger partial charge in [0, 0.05) is 33.6 Å². The van der Waals surface area contributed by atoms with E-state index in [1.54, 1.807) is 6.92 Å². The topological polar surface area (TPSA) is 132 Å². The van der Waals surface area contributed by atoms with Gasteiger partial charge in [0.2, 0.25) is 5.91 Å². The molecule has 1 amide bonds. The molecule has 0 fully saturated rings. The zero-order chi connectivity index (χ0) is 30.0. The number of carboxylic acid groups (broad SMARTS) is 1. The van der Waals surface area contributed by atoms with E-state index < -0.39 is 12.1 Å². The third-order valence-corrected chi connectivity index (χ3v) is 6.74. The van der Waals surface area contributed by atoms with Crippen LogP contribution in [0.1, 0.15) is 56.5 Å². The Morgan fingerprint density at radius 3 is 2.44 bits per heavy atom. The molecule has 0 spiro atoms. The fraction of sp³-hybridized carbons (Fsp3) is 0.310. The summed E-state index contributed by atoms with van der Waals surface area (Å²) < 4.78 is 32.5. The molecule has 0 saturated carbocycles. The predicted molar refractivity (Wildman–Crippen MR) is 148 cm³/mol. The normalized spacial score (nSPS) is 11.9. The number of carboxylic acids is 1. The highest BCUT2D eigenvalue weighted by atomic mass is 79.9. The van der Waals surface area contributed by atoms with Gasteiger partial charge in [0.25, 0.3) is 5.82 Å². The lowest BCUT2D eigenvalue weighted by Crippen LogP contribution is -2.37. The smallest absolute Gasteiger partial charge is 0.430 e. The summed E-state index contributed by atoms with van der Waals surface area (Å²) in [5, 5.41) is 13.1. The Morgan fingerprint density at radius 2 is 1.78 bits per heavy atom. The van der Waals surface area contributed by atoms with E-state index in [9.17, 15) is 22.8 Å². The Kier molecular flexibility index (Phi) is 11.3. The lowest BCUT2D eigenvalue weighted by atomic mass is 10.0. The van der Waals surface area contributed by atoms with Gasteiger partial charge in [-0.2, -0.15) is 13.2 Å². The minimum absolute atomic E-state index is 0.0288. The lowest BCUT2D eigenvalue weighted by molar-refractivity contribution is -0.391. The van der Waals surface area contributed by atoms with Crippen LogP contribution in [0.25, 0.3) is 22.2 Å². The van der Waals surface area contributed by atoms with Crippen molar-refractivity contribution in [1.29, 1.82) is 0 Å². The van der Waals surface area contributed by atoms with Crippen LogP contribution < -0.4 is 15.4 Å². The van der Waals surface area contributed by atoms with E-state index in [1.165, 1.54) is 0 Å². The fourth-order valence-corrected chi connectivity index (χ4v) is 4.59. The van der Waals surface area contributed by atoms with Crippen molar-refractivity contribution in [3.63, 3.8) is 0 Å². The molecule has 41 heavy (non-hydrogen) atoms. The fourth-order valence-electron chi connectivity index (χ4n) is 4.23. The number of aromatic nitrogens is 3. The number of ketones is 1. The molecule has 0 radical (unpaired) electrons. The molecule has 0 aliphatic rings. The van der Waals surface area contributed by atoms with E-state index in [0.717, 1.165) is 63.7 Å². The number of hydrogen-bond acceptors (Lipinski definition) is 4. The zero-order valence-corrected chi connectivity index (χ0v) is 23.8. The highest BCUT2D eigenvalue weighted by Crippen LogP contribution is 2.24. The highest BCUT2D eigenvalue weighted by Gasteiger charge is 2.29. The predicted octanol–water partition coefficient (Wildman–Crippen LogP) is 4.98. The van der Waals surface area contributed by atoms with E-state index in [2.05, 4.69) is 36.2 Å². The second kappa shape index (κ2) is 14.6. The summed E-state index contributed by atoms with van der Waals surface area (Å²) in [5.74, 6) is -1.94. The average molecular weight is 635 g/mol. The summed E-state index contributed by atoms with van der Waals surface area (Å²) >= 11 is 3.52. The van der Waals surface area contributed by atoms with Gasteiger partial charge in [0.1, 0.15) is 24.0 Å². The average Bonchev–Trinajstić information content (AvgIpc) is 3.56. The van der Waals surface area contributed by atoms with Gasteiger partial charge in [0.05, 0.1) is 6.42 Å². The molecule has 1 atom stereocenters. The number of H-pyrrole nitrogens is 3. The third kappa shape index (κ3) is 9.89. The van der Waals surface area contributed by atoms with Crippen molar-refractivity contribution in [1.82, 2.24) is 15.3 Å². The van der Waals surface area contributed by atoms with Crippen molar-refractivity contribution in [2.24, 2.45) is 0 Å². The number of aromatic amines is 3. The molecular weight excluding hydrogens is 605 g/mol. The van der Waals surface area contributed by atoms with Crippen LogP contribution in [0.2, 0.25) is 0 Å². The van der Waals surface area contributed by atoms with Crippen LogP contribution in [-0.4, -0.2) is 33.8 Å². The number of aliphatic carboxylic acids is 1. The second-order valence-electron chi connectivity index (χ2n) is 9.49. The van der Waals surface area contributed by atoms with Crippen molar-refractivity contribution >= 4 is 44.5 Å². The molecule has 8 nitrogen and oxygen atoms in total. The largest absolute Gasteiger partial charge is 0.542 e. The lowest BCUT2D eigenvalue weighted by Gasteiger charge is -2.14. The molecule has 2 heterocycles. The molecule has 0 aliphatic heterocycles. The molecule has 0 unspecified atom stereocenters. The standard InChI is InChI=1S/C27H29BrN4O2.C2HF3O2/c1-18(33)8-4-2-7-11-24(27-30-17-25(32-27)19-9-5-3-6-10-19)31-26(34)14-20-16-29-23-13-12-21(28)15-22(20)23;3-2(4,5)1(6)7/h3,5-6,9-10,12-13,15-17,24,29H,2,4,7-8,11,14H2,1H3,(H,30,32)(H,31,34);(H,6,7)/t24-;/m0./s1. The number of hydrogen-bond donors (Lipinski definition) is 3. The van der Waals surface area contributed by atoms with E-state index in [1.807, 2.05) is 60.9 Å². The summed E-state index contributed by atoms with van der Waals surface area (Å²) in [6.45, 7) is 1.63. The van der Waals surface area contributed by atoms with Crippen molar-refractivity contribution < 1.29 is 37.6 Å². The van der Waals surface area contributed by atoms with Crippen molar-refractivity contribution in [2.75, 3.05) is 0 Å². The molecule has 0 aliphatic carbocycles. The summed E-state index contributed by atoms with van der Waals surface area (Å²) in [6.07, 6.45) is 3.10. The summed E-state index contributed by atoms with van der Waals surface area (Å²) in [7, 11) is 0. The van der Waals surface area contributed by atoms with Gasteiger partial charge in [-0.3, -0.25) is 4.79 Å². The van der Waals surface area contributed by atoms with Crippen LogP contribution >= 0.6 is 15.9 Å². The van der Waals surface area contributed by atoms with Gasteiger partial charge in [-0.05, 0) is 43.5 Å². The number of alkyl halides is 3. The monoisotopic (exact) mass is 634 g/mol. The zero-order valence-electron chi connectivity index (χ0n) is 22.2. The summed E-state index contributed by atoms with van der Waals surface area (Å²) in [6, 6.07) is 15.9. The Morgan fingerprint density at radius 1 is 1.07 bits per heavy atom. The van der Waals surface area contributed by atoms with Gasteiger partial charge < -0.3 is 25.0 Å². The van der Waals surface area contributed by atoms with Crippen LogP contribution in [0, 0.1) is 0 Å². The van der Waals surface area contributed by atoms with Crippen LogP contribution in [0.4, 0.5) is 13.2 Å². The maximum atomic E-state index is 13.1. The Bertz CT molecular complexity index is 1470. The molecule has 0 bridgehead atoms. The van der Waals surface area contributed by atoms with Crippen LogP contribution in [0.15, 0.2) is 65.4 Å². The van der Waals surface area contributed by atoms with Gasteiger partial charge in [-0.15, -0.1) is 0 Å². The number of rotatable bonds is 11. The van der Waals surface area contributed by atoms with Gasteiger partial charge in [-0.1, -0.05) is 59.1 Å². The number of amides is 1. The maximum Gasteiger partial charge on any atom is 0.430 e. The molecule has 12 heteroatoms. The number of Topliss-reactive ketones (excluding diaryl/α,β-unsaturated/α-hetero) is 1. The number of halogens is 4. The molecule has 4 N–H and O–H groups in total. The third-order valence-electron chi connectivity index (χ3n) is 6.24. The first kappa shape index (κ1) is 31.6. The minimum Gasteiger partial charge on any atom is -0.542 e. The minimum atomic E-state index is -5.19. The number of benzene rings is 2. The Hall–Kier alpha value is -3.93. The number of carbonyl (C=O) groups is 3. The maximum absolute atomic E-state index is 13.1. The molecule has 0 saturated heterocycles. The molecular formula is C29H30BrF3N4O4. The molecule has 2 aromatic carbocycles. The SMILES string of the molecule is CC(=O)CCCCC[C@H](NC(=O)Cc1c[nH]c2ccc(Br)cc12)c1[nH]c(-c2ccccc2)c[nH+]1.O=C([O-])C(F)(F)F. The number of fused-ring (bicyclic) bond motifs is 1. The number of unbranched alkanes of at least 4 members (excludes halogenated alkanes) is 2. The van der Waals surface area contributed by atoms with Gasteiger partial charge in [-0.25, -0.2) is 9.97 Å². The first-order valence-corrected chi connectivity index (χ1v) is 13.7. The highest BCUT2D eigenvalue weighted by molar-refractivity contribution is 9.10. The summed E-state index contributed by atoms with van der Waals surface area (Å²) in [5.41, 5.74) is 4.04. The molecule has 218 valence electrons. The number of carbonyl (C=O) groups excluding carboxylic acids is 3. The second-order valence-corrected chi connectivity index (χ2v) is 10.4. The van der Waals surface area contributed by atoms with Crippen molar-refractivity contribution in [2.45, 2.75) is 57.7 Å². The van der Waals surface area contributed by atoms with E-state index >= 15 is 0 Å². The number of nitrogens with one attached hydrogen (secondary N) is 4. The quantitative estimate of drug-likeness (QED) is 0.201. The van der Waals surface area contributed by atoms with Crippen LogP contribution in [-0.2, 0) is 20.8 Å². The van der Waals surface area contributed by atoms with Crippen molar-refractivity contribution in [3.05, 3.63) is 76.8 Å².